The van der Waals surface area contributed by atoms with Gasteiger partial charge in [0.1, 0.15) is 0 Å². The number of carbonyl (C=O) groups is 1. The highest BCUT2D eigenvalue weighted by molar-refractivity contribution is 7.89. The van der Waals surface area contributed by atoms with Crippen LogP contribution in [0.25, 0.3) is 10.9 Å². The van der Waals surface area contributed by atoms with E-state index in [0.29, 0.717) is 10.9 Å². The van der Waals surface area contributed by atoms with E-state index >= 15 is 0 Å². The van der Waals surface area contributed by atoms with E-state index < -0.39 is 15.9 Å². The summed E-state index contributed by atoms with van der Waals surface area (Å²) in [5.74, 6) is -0.629. The highest BCUT2D eigenvalue weighted by Gasteiger charge is 2.11. The molecule has 0 bridgehead atoms. The van der Waals surface area contributed by atoms with E-state index in [1.165, 1.54) is 6.07 Å². The summed E-state index contributed by atoms with van der Waals surface area (Å²) in [5, 5.41) is 8.08. The summed E-state index contributed by atoms with van der Waals surface area (Å²) in [6, 6.07) is 8.17. The van der Waals surface area contributed by atoms with Gasteiger partial charge in [-0.05, 0) is 12.5 Å². The molecule has 1 aromatic heterocycles. The van der Waals surface area contributed by atoms with Crippen molar-refractivity contribution in [3.63, 3.8) is 0 Å². The summed E-state index contributed by atoms with van der Waals surface area (Å²) in [4.78, 5) is 26.3. The molecule has 0 aliphatic heterocycles. The van der Waals surface area contributed by atoms with Crippen molar-refractivity contribution in [1.29, 1.82) is 0 Å². The highest BCUT2D eigenvalue weighted by Crippen LogP contribution is 2.14. The summed E-state index contributed by atoms with van der Waals surface area (Å²) in [5.41, 5.74) is 0.452. The SMILES string of the molecule is NS(=O)(=O)CCCNC(=O)c1cc(=O)[nH]c2ccccc12. The second kappa shape index (κ2) is 6.06. The van der Waals surface area contributed by atoms with Crippen LogP contribution >= 0.6 is 0 Å². The molecule has 0 saturated carbocycles. The zero-order valence-electron chi connectivity index (χ0n) is 11.1. The molecule has 1 amide bonds. The van der Waals surface area contributed by atoms with Crippen LogP contribution in [0.15, 0.2) is 35.1 Å². The van der Waals surface area contributed by atoms with Crippen molar-refractivity contribution in [2.45, 2.75) is 6.42 Å². The van der Waals surface area contributed by atoms with Gasteiger partial charge in [-0.1, -0.05) is 18.2 Å². The Morgan fingerprint density at radius 3 is 2.71 bits per heavy atom. The fourth-order valence-electron chi connectivity index (χ4n) is 1.96. The first-order valence-electron chi connectivity index (χ1n) is 6.27. The maximum Gasteiger partial charge on any atom is 0.252 e. The zero-order valence-corrected chi connectivity index (χ0v) is 11.9. The Labute approximate surface area is 121 Å². The van der Waals surface area contributed by atoms with Crippen molar-refractivity contribution in [2.75, 3.05) is 12.3 Å². The fraction of sp³-hybridized carbons (Fsp3) is 0.231. The van der Waals surface area contributed by atoms with Crippen molar-refractivity contribution in [3.8, 4) is 0 Å². The number of sulfonamides is 1. The summed E-state index contributed by atoms with van der Waals surface area (Å²) < 4.78 is 21.6. The number of H-pyrrole nitrogens is 1. The Morgan fingerprint density at radius 1 is 1.29 bits per heavy atom. The average Bonchev–Trinajstić information content (AvgIpc) is 2.41. The molecule has 0 aliphatic rings. The van der Waals surface area contributed by atoms with Gasteiger partial charge >= 0.3 is 0 Å². The number of aromatic amines is 1. The van der Waals surface area contributed by atoms with Gasteiger partial charge in [0.05, 0.1) is 11.3 Å². The van der Waals surface area contributed by atoms with E-state index in [0.717, 1.165) is 0 Å². The normalized spacial score (nSPS) is 11.5. The number of hydrogen-bond acceptors (Lipinski definition) is 4. The van der Waals surface area contributed by atoms with Crippen LogP contribution < -0.4 is 16.0 Å². The van der Waals surface area contributed by atoms with Crippen molar-refractivity contribution < 1.29 is 13.2 Å². The minimum atomic E-state index is -3.53. The number of nitrogens with one attached hydrogen (secondary N) is 2. The van der Waals surface area contributed by atoms with Gasteiger partial charge in [0.2, 0.25) is 15.6 Å². The second-order valence-corrected chi connectivity index (χ2v) is 6.30. The van der Waals surface area contributed by atoms with Crippen LogP contribution in [0.4, 0.5) is 0 Å². The summed E-state index contributed by atoms with van der Waals surface area (Å²) in [6.45, 7) is 0.163. The van der Waals surface area contributed by atoms with E-state index in [-0.39, 0.29) is 29.8 Å². The molecule has 1 aromatic carbocycles. The Bertz CT molecular complexity index is 827. The lowest BCUT2D eigenvalue weighted by Gasteiger charge is -2.07. The number of carbonyl (C=O) groups excluding carboxylic acids is 1. The van der Waals surface area contributed by atoms with Crippen molar-refractivity contribution in [3.05, 3.63) is 46.2 Å². The van der Waals surface area contributed by atoms with Gasteiger partial charge < -0.3 is 10.3 Å². The van der Waals surface area contributed by atoms with E-state index in [9.17, 15) is 18.0 Å². The maximum absolute atomic E-state index is 12.1. The molecule has 112 valence electrons. The number of amides is 1. The molecule has 0 unspecified atom stereocenters. The summed E-state index contributed by atoms with van der Waals surface area (Å²) in [7, 11) is -3.53. The zero-order chi connectivity index (χ0) is 15.5. The standard InChI is InChI=1S/C13H15N3O4S/c14-21(19,20)7-3-6-15-13(18)10-8-12(17)16-11-5-2-1-4-9(10)11/h1-2,4-5,8H,3,6-7H2,(H,15,18)(H,16,17)(H2,14,19,20). The third kappa shape index (κ3) is 4.14. The van der Waals surface area contributed by atoms with Gasteiger partial charge in [0.25, 0.3) is 5.91 Å². The summed E-state index contributed by atoms with van der Waals surface area (Å²) in [6.07, 6.45) is 0.214. The predicted molar refractivity (Wildman–Crippen MR) is 79.5 cm³/mol. The van der Waals surface area contributed by atoms with Gasteiger partial charge in [-0.2, -0.15) is 0 Å². The fourth-order valence-corrected chi connectivity index (χ4v) is 2.51. The molecular formula is C13H15N3O4S. The minimum absolute atomic E-state index is 0.163. The van der Waals surface area contributed by atoms with Crippen LogP contribution in [0.2, 0.25) is 0 Å². The smallest absolute Gasteiger partial charge is 0.252 e. The molecular weight excluding hydrogens is 294 g/mol. The van der Waals surface area contributed by atoms with Gasteiger partial charge in [-0.15, -0.1) is 0 Å². The van der Waals surface area contributed by atoms with Crippen molar-refractivity contribution in [1.82, 2.24) is 10.3 Å². The molecule has 4 N–H and O–H groups in total. The minimum Gasteiger partial charge on any atom is -0.352 e. The topological polar surface area (TPSA) is 122 Å². The number of benzene rings is 1. The first-order valence-corrected chi connectivity index (χ1v) is 7.99. The molecule has 0 radical (unpaired) electrons. The quantitative estimate of drug-likeness (QED) is 0.669. The third-order valence-corrected chi connectivity index (χ3v) is 3.74. The molecule has 2 rings (SSSR count). The molecule has 0 saturated heterocycles. The molecule has 0 fully saturated rings. The molecule has 7 nitrogen and oxygen atoms in total. The molecule has 0 spiro atoms. The van der Waals surface area contributed by atoms with Crippen LogP contribution in [-0.4, -0.2) is 31.6 Å². The van der Waals surface area contributed by atoms with E-state index in [4.69, 9.17) is 5.14 Å². The highest BCUT2D eigenvalue weighted by atomic mass is 32.2. The first-order chi connectivity index (χ1) is 9.87. The predicted octanol–water partition coefficient (Wildman–Crippen LogP) is -0.0635. The molecule has 21 heavy (non-hydrogen) atoms. The van der Waals surface area contributed by atoms with Crippen molar-refractivity contribution >= 4 is 26.8 Å². The molecule has 8 heteroatoms. The Hall–Kier alpha value is -2.19. The Morgan fingerprint density at radius 2 is 2.00 bits per heavy atom. The molecule has 0 aliphatic carbocycles. The number of nitrogens with two attached hydrogens (primary N) is 1. The van der Waals surface area contributed by atoms with E-state index in [2.05, 4.69) is 10.3 Å². The number of fused-ring (bicyclic) bond motifs is 1. The van der Waals surface area contributed by atoms with Gasteiger partial charge in [-0.25, -0.2) is 13.6 Å². The summed E-state index contributed by atoms with van der Waals surface area (Å²) >= 11 is 0. The molecule has 0 atom stereocenters. The van der Waals surface area contributed by atoms with E-state index in [1.807, 2.05) is 0 Å². The van der Waals surface area contributed by atoms with Crippen molar-refractivity contribution in [2.24, 2.45) is 5.14 Å². The number of aromatic nitrogens is 1. The number of para-hydroxylation sites is 1. The molecule has 2 aromatic rings. The third-order valence-electron chi connectivity index (χ3n) is 2.89. The van der Waals surface area contributed by atoms with Gasteiger partial charge in [0, 0.05) is 23.5 Å². The lowest BCUT2D eigenvalue weighted by Crippen LogP contribution is -2.28. The van der Waals surface area contributed by atoms with Crippen LogP contribution in [0.3, 0.4) is 0 Å². The van der Waals surface area contributed by atoms with Crippen LogP contribution in [0, 0.1) is 0 Å². The lowest BCUT2D eigenvalue weighted by molar-refractivity contribution is 0.0955. The second-order valence-electron chi connectivity index (χ2n) is 4.57. The largest absolute Gasteiger partial charge is 0.352 e. The monoisotopic (exact) mass is 309 g/mol. The lowest BCUT2D eigenvalue weighted by atomic mass is 10.1. The molecule has 1 heterocycles. The Balaban J connectivity index is 2.14. The Kier molecular flexibility index (Phi) is 4.39. The van der Waals surface area contributed by atoms with Gasteiger partial charge in [-0.3, -0.25) is 9.59 Å². The number of hydrogen-bond donors (Lipinski definition) is 3. The number of rotatable bonds is 5. The van der Waals surface area contributed by atoms with Crippen LogP contribution in [0.5, 0.6) is 0 Å². The maximum atomic E-state index is 12.1. The van der Waals surface area contributed by atoms with Crippen LogP contribution in [0.1, 0.15) is 16.8 Å². The number of primary sulfonamides is 1. The average molecular weight is 309 g/mol. The number of pyridine rings is 1. The first kappa shape index (κ1) is 15.2. The van der Waals surface area contributed by atoms with Gasteiger partial charge in [0.15, 0.2) is 0 Å². The van der Waals surface area contributed by atoms with E-state index in [1.54, 1.807) is 24.3 Å². The van der Waals surface area contributed by atoms with Crippen LogP contribution in [-0.2, 0) is 10.0 Å².